The van der Waals surface area contributed by atoms with Gasteiger partial charge in [0.1, 0.15) is 0 Å². The summed E-state index contributed by atoms with van der Waals surface area (Å²) < 4.78 is 45.0. The van der Waals surface area contributed by atoms with Gasteiger partial charge in [0.05, 0.1) is 24.1 Å². The van der Waals surface area contributed by atoms with Gasteiger partial charge in [0.2, 0.25) is 0 Å². The number of benzene rings is 2. The van der Waals surface area contributed by atoms with Gasteiger partial charge in [-0.3, -0.25) is 9.78 Å². The van der Waals surface area contributed by atoms with Gasteiger partial charge in [-0.15, -0.1) is 0 Å². The van der Waals surface area contributed by atoms with Crippen molar-refractivity contribution in [2.24, 2.45) is 0 Å². The summed E-state index contributed by atoms with van der Waals surface area (Å²) in [6, 6.07) is 12.8. The molecule has 4 nitrogen and oxygen atoms in total. The molecule has 0 saturated carbocycles. The summed E-state index contributed by atoms with van der Waals surface area (Å²) in [5.41, 5.74) is 2.03. The van der Waals surface area contributed by atoms with Gasteiger partial charge in [0.15, 0.2) is 0 Å². The minimum Gasteiger partial charge on any atom is -0.380 e. The lowest BCUT2D eigenvalue weighted by molar-refractivity contribution is -0.138. The maximum atomic E-state index is 13.4. The van der Waals surface area contributed by atoms with Gasteiger partial charge in [-0.05, 0) is 41.8 Å². The Morgan fingerprint density at radius 3 is 2.55 bits per heavy atom. The summed E-state index contributed by atoms with van der Waals surface area (Å²) in [5.74, 6) is -0.651. The van der Waals surface area contributed by atoms with Crippen LogP contribution in [0, 0.1) is 6.92 Å². The number of nitrogens with one attached hydrogen (secondary N) is 1. The van der Waals surface area contributed by atoms with Crippen LogP contribution in [0.4, 0.5) is 18.9 Å². The molecule has 1 heterocycles. The fourth-order valence-electron chi connectivity index (χ4n) is 3.06. The van der Waals surface area contributed by atoms with Crippen LogP contribution in [0.1, 0.15) is 27.0 Å². The number of aryl methyl sites for hydroxylation is 1. The van der Waals surface area contributed by atoms with E-state index < -0.39 is 17.6 Å². The Balaban J connectivity index is 1.95. The standard InChI is InChI=1S/C22H19F3N2O2/c1-14-5-3-4-6-17(14)18-9-10-26-12-20(18)27-21(28)15-7-8-16(13-29-2)19(11-15)22(23,24)25/h3-12H,13H2,1-2H3,(H,27,28). The maximum Gasteiger partial charge on any atom is 0.416 e. The number of amides is 1. The summed E-state index contributed by atoms with van der Waals surface area (Å²) in [4.78, 5) is 16.7. The minimum atomic E-state index is -4.59. The van der Waals surface area contributed by atoms with Crippen LogP contribution < -0.4 is 5.32 Å². The first-order valence-electron chi connectivity index (χ1n) is 8.81. The molecule has 150 valence electrons. The monoisotopic (exact) mass is 400 g/mol. The van der Waals surface area contributed by atoms with Crippen molar-refractivity contribution in [3.8, 4) is 11.1 Å². The average molecular weight is 400 g/mol. The number of alkyl halides is 3. The molecule has 0 bridgehead atoms. The number of halogens is 3. The van der Waals surface area contributed by atoms with Crippen LogP contribution in [0.5, 0.6) is 0 Å². The van der Waals surface area contributed by atoms with Crippen LogP contribution in [-0.4, -0.2) is 18.0 Å². The number of carbonyl (C=O) groups excluding carboxylic acids is 1. The van der Waals surface area contributed by atoms with Gasteiger partial charge in [-0.25, -0.2) is 0 Å². The predicted molar refractivity (Wildman–Crippen MR) is 105 cm³/mol. The highest BCUT2D eigenvalue weighted by molar-refractivity contribution is 6.06. The van der Waals surface area contributed by atoms with Crippen molar-refractivity contribution in [2.45, 2.75) is 19.7 Å². The summed E-state index contributed by atoms with van der Waals surface area (Å²) in [6.45, 7) is 1.74. The third kappa shape index (κ3) is 4.63. The fraction of sp³-hybridized carbons (Fsp3) is 0.182. The number of ether oxygens (including phenoxy) is 1. The molecule has 0 saturated heterocycles. The van der Waals surface area contributed by atoms with E-state index in [4.69, 9.17) is 4.74 Å². The summed E-state index contributed by atoms with van der Waals surface area (Å²) >= 11 is 0. The molecule has 1 N–H and O–H groups in total. The van der Waals surface area contributed by atoms with E-state index in [-0.39, 0.29) is 17.7 Å². The number of hydrogen-bond acceptors (Lipinski definition) is 3. The van der Waals surface area contributed by atoms with Crippen LogP contribution in [0.3, 0.4) is 0 Å². The van der Waals surface area contributed by atoms with Crippen LogP contribution in [-0.2, 0) is 17.5 Å². The fourth-order valence-corrected chi connectivity index (χ4v) is 3.06. The molecule has 0 atom stereocenters. The van der Waals surface area contributed by atoms with E-state index >= 15 is 0 Å². The van der Waals surface area contributed by atoms with E-state index in [9.17, 15) is 18.0 Å². The van der Waals surface area contributed by atoms with Crippen LogP contribution in [0.15, 0.2) is 60.9 Å². The third-order valence-corrected chi connectivity index (χ3v) is 4.48. The quantitative estimate of drug-likeness (QED) is 0.618. The Hall–Kier alpha value is -3.19. The molecule has 1 amide bonds. The topological polar surface area (TPSA) is 51.2 Å². The Kier molecular flexibility index (Phi) is 5.98. The zero-order valence-corrected chi connectivity index (χ0v) is 15.9. The molecular weight excluding hydrogens is 381 g/mol. The second-order valence-electron chi connectivity index (χ2n) is 6.49. The Morgan fingerprint density at radius 2 is 1.86 bits per heavy atom. The SMILES string of the molecule is COCc1ccc(C(=O)Nc2cnccc2-c2ccccc2C)cc1C(F)(F)F. The van der Waals surface area contributed by atoms with Gasteiger partial charge in [-0.1, -0.05) is 30.3 Å². The molecule has 0 aliphatic rings. The molecule has 3 aromatic rings. The molecule has 0 spiro atoms. The zero-order valence-electron chi connectivity index (χ0n) is 15.9. The van der Waals surface area contributed by atoms with Crippen molar-refractivity contribution >= 4 is 11.6 Å². The van der Waals surface area contributed by atoms with E-state index in [1.54, 1.807) is 12.3 Å². The molecule has 0 unspecified atom stereocenters. The maximum absolute atomic E-state index is 13.4. The van der Waals surface area contributed by atoms with Gasteiger partial charge in [0, 0.05) is 24.4 Å². The van der Waals surface area contributed by atoms with Crippen LogP contribution in [0.25, 0.3) is 11.1 Å². The van der Waals surface area contributed by atoms with Crippen molar-refractivity contribution < 1.29 is 22.7 Å². The van der Waals surface area contributed by atoms with E-state index in [0.29, 0.717) is 5.69 Å². The van der Waals surface area contributed by atoms with Gasteiger partial charge in [0.25, 0.3) is 5.91 Å². The highest BCUT2D eigenvalue weighted by Crippen LogP contribution is 2.34. The molecule has 0 fully saturated rings. The van der Waals surface area contributed by atoms with E-state index in [2.05, 4.69) is 10.3 Å². The van der Waals surface area contributed by atoms with E-state index in [0.717, 1.165) is 22.8 Å². The summed E-state index contributed by atoms with van der Waals surface area (Å²) in [7, 11) is 1.32. The number of anilines is 1. The van der Waals surface area contributed by atoms with E-state index in [1.165, 1.54) is 25.4 Å². The highest BCUT2D eigenvalue weighted by Gasteiger charge is 2.34. The van der Waals surface area contributed by atoms with Gasteiger partial charge in [-0.2, -0.15) is 13.2 Å². The summed E-state index contributed by atoms with van der Waals surface area (Å²) in [5, 5.41) is 2.68. The zero-order chi connectivity index (χ0) is 21.0. The first-order chi connectivity index (χ1) is 13.8. The molecule has 2 aromatic carbocycles. The first kappa shape index (κ1) is 20.5. The average Bonchev–Trinajstić information content (AvgIpc) is 2.68. The van der Waals surface area contributed by atoms with Crippen molar-refractivity contribution in [1.29, 1.82) is 0 Å². The van der Waals surface area contributed by atoms with E-state index in [1.807, 2.05) is 31.2 Å². The Labute approximate surface area is 166 Å². The molecular formula is C22H19F3N2O2. The van der Waals surface area contributed by atoms with Crippen molar-refractivity contribution in [1.82, 2.24) is 4.98 Å². The second-order valence-corrected chi connectivity index (χ2v) is 6.49. The smallest absolute Gasteiger partial charge is 0.380 e. The Morgan fingerprint density at radius 1 is 1.10 bits per heavy atom. The van der Waals surface area contributed by atoms with Gasteiger partial charge < -0.3 is 10.1 Å². The normalized spacial score (nSPS) is 11.3. The first-order valence-corrected chi connectivity index (χ1v) is 8.81. The second kappa shape index (κ2) is 8.45. The number of hydrogen-bond donors (Lipinski definition) is 1. The molecule has 1 aromatic heterocycles. The Bertz CT molecular complexity index is 1030. The van der Waals surface area contributed by atoms with Crippen molar-refractivity contribution in [2.75, 3.05) is 12.4 Å². The molecule has 0 radical (unpaired) electrons. The number of carbonyl (C=O) groups is 1. The van der Waals surface area contributed by atoms with Crippen molar-refractivity contribution in [3.63, 3.8) is 0 Å². The lowest BCUT2D eigenvalue weighted by Gasteiger charge is -2.15. The number of pyridine rings is 1. The largest absolute Gasteiger partial charge is 0.416 e. The lowest BCUT2D eigenvalue weighted by atomic mass is 10.00. The van der Waals surface area contributed by atoms with Crippen LogP contribution in [0.2, 0.25) is 0 Å². The number of rotatable bonds is 5. The lowest BCUT2D eigenvalue weighted by Crippen LogP contribution is -2.16. The summed E-state index contributed by atoms with van der Waals surface area (Å²) in [6.07, 6.45) is -1.52. The third-order valence-electron chi connectivity index (χ3n) is 4.48. The molecule has 29 heavy (non-hydrogen) atoms. The molecule has 7 heteroatoms. The van der Waals surface area contributed by atoms with Crippen LogP contribution >= 0.6 is 0 Å². The van der Waals surface area contributed by atoms with Gasteiger partial charge >= 0.3 is 6.18 Å². The highest BCUT2D eigenvalue weighted by atomic mass is 19.4. The number of nitrogens with zero attached hydrogens (tertiary/aromatic N) is 1. The molecule has 0 aliphatic carbocycles. The van der Waals surface area contributed by atoms with Crippen molar-refractivity contribution in [3.05, 3.63) is 83.2 Å². The predicted octanol–water partition coefficient (Wildman–Crippen LogP) is 5.47. The number of methoxy groups -OCH3 is 1. The number of aromatic nitrogens is 1. The minimum absolute atomic E-state index is 0.0291. The molecule has 3 rings (SSSR count). The molecule has 0 aliphatic heterocycles.